The minimum absolute atomic E-state index is 0.206. The van der Waals surface area contributed by atoms with Crippen molar-refractivity contribution in [2.75, 3.05) is 18.9 Å². The predicted octanol–water partition coefficient (Wildman–Crippen LogP) is 4.70. The summed E-state index contributed by atoms with van der Waals surface area (Å²) < 4.78 is 37.6. The summed E-state index contributed by atoms with van der Waals surface area (Å²) in [7, 11) is 0. The van der Waals surface area contributed by atoms with Crippen molar-refractivity contribution >= 4 is 33.0 Å². The van der Waals surface area contributed by atoms with Crippen LogP contribution in [0.3, 0.4) is 0 Å². The van der Waals surface area contributed by atoms with Crippen molar-refractivity contribution in [1.29, 1.82) is 0 Å². The van der Waals surface area contributed by atoms with Crippen LogP contribution in [0.4, 0.5) is 14.5 Å². The van der Waals surface area contributed by atoms with E-state index in [0.29, 0.717) is 51.1 Å². The fourth-order valence-electron chi connectivity index (χ4n) is 3.48. The Balaban J connectivity index is 1.62. The molecule has 2 N–H and O–H groups in total. The van der Waals surface area contributed by atoms with Gasteiger partial charge in [0.25, 0.3) is 6.43 Å². The highest BCUT2D eigenvalue weighted by molar-refractivity contribution is 7.21. The van der Waals surface area contributed by atoms with Crippen molar-refractivity contribution < 1.29 is 23.0 Å². The van der Waals surface area contributed by atoms with Gasteiger partial charge in [-0.25, -0.2) is 13.8 Å². The lowest BCUT2D eigenvalue weighted by Gasteiger charge is -2.18. The Bertz CT molecular complexity index is 1110. The first kappa shape index (κ1) is 17.4. The summed E-state index contributed by atoms with van der Waals surface area (Å²) in [5.41, 5.74) is 7.54. The maximum Gasteiger partial charge on any atom is 0.280 e. The zero-order valence-electron chi connectivity index (χ0n) is 14.7. The van der Waals surface area contributed by atoms with Gasteiger partial charge in [-0.3, -0.25) is 4.79 Å². The average molecular weight is 402 g/mol. The summed E-state index contributed by atoms with van der Waals surface area (Å²) in [4.78, 5) is 17.9. The van der Waals surface area contributed by atoms with Gasteiger partial charge in [-0.15, -0.1) is 11.3 Å². The molecule has 28 heavy (non-hydrogen) atoms. The fraction of sp³-hybridized carbons (Fsp3) is 0.300. The number of pyridine rings is 1. The number of rotatable bonds is 4. The first-order valence-electron chi connectivity index (χ1n) is 8.98. The number of carbonyl (C=O) groups excluding carboxylic acids is 1. The highest BCUT2D eigenvalue weighted by Gasteiger charge is 2.31. The van der Waals surface area contributed by atoms with Gasteiger partial charge in [0.15, 0.2) is 11.5 Å². The lowest BCUT2D eigenvalue weighted by atomic mass is 10.0. The van der Waals surface area contributed by atoms with E-state index in [1.807, 2.05) is 0 Å². The topological polar surface area (TPSA) is 74.4 Å². The van der Waals surface area contributed by atoms with Crippen LogP contribution in [-0.4, -0.2) is 24.0 Å². The molecule has 2 aliphatic rings. The molecule has 2 aromatic heterocycles. The number of alkyl halides is 2. The number of fused-ring (bicyclic) bond motifs is 2. The second kappa shape index (κ2) is 6.41. The van der Waals surface area contributed by atoms with E-state index < -0.39 is 6.43 Å². The molecule has 5 nitrogen and oxygen atoms in total. The number of benzene rings is 1. The van der Waals surface area contributed by atoms with Gasteiger partial charge < -0.3 is 15.2 Å². The Morgan fingerprint density at radius 1 is 1.18 bits per heavy atom. The Labute approximate surface area is 163 Å². The second-order valence-electron chi connectivity index (χ2n) is 6.92. The monoisotopic (exact) mass is 402 g/mol. The minimum atomic E-state index is -2.66. The number of nitrogen functional groups attached to an aromatic ring is 1. The zero-order valence-corrected chi connectivity index (χ0v) is 15.5. The largest absolute Gasteiger partial charge is 0.486 e. The number of halogens is 2. The first-order chi connectivity index (χ1) is 13.5. The second-order valence-corrected chi connectivity index (χ2v) is 7.92. The number of anilines is 1. The van der Waals surface area contributed by atoms with Gasteiger partial charge >= 0.3 is 0 Å². The van der Waals surface area contributed by atoms with Gasteiger partial charge in [-0.05, 0) is 48.6 Å². The summed E-state index contributed by atoms with van der Waals surface area (Å²) in [5, 5.41) is 0.637. The van der Waals surface area contributed by atoms with Crippen LogP contribution in [0, 0.1) is 0 Å². The molecule has 0 atom stereocenters. The van der Waals surface area contributed by atoms with E-state index in [-0.39, 0.29) is 17.4 Å². The van der Waals surface area contributed by atoms with Crippen LogP contribution in [0.2, 0.25) is 0 Å². The summed E-state index contributed by atoms with van der Waals surface area (Å²) in [6, 6.07) is 6.40. The smallest absolute Gasteiger partial charge is 0.280 e. The molecule has 1 fully saturated rings. The summed E-state index contributed by atoms with van der Waals surface area (Å²) in [5.74, 6) is 1.02. The Kier molecular flexibility index (Phi) is 3.97. The van der Waals surface area contributed by atoms with Gasteiger partial charge in [0.05, 0.1) is 5.69 Å². The number of nitrogens with zero attached hydrogens (tertiary/aromatic N) is 1. The van der Waals surface area contributed by atoms with E-state index in [1.165, 1.54) is 6.07 Å². The van der Waals surface area contributed by atoms with E-state index in [0.717, 1.165) is 29.7 Å². The molecule has 0 radical (unpaired) electrons. The SMILES string of the molecule is Nc1c(C(=O)c2ccc3c(c2)OCCO3)sc2nc(C(F)F)cc(C3CC3)c12. The van der Waals surface area contributed by atoms with Gasteiger partial charge in [-0.1, -0.05) is 0 Å². The molecule has 0 unspecified atom stereocenters. The number of aromatic nitrogens is 1. The molecule has 0 saturated heterocycles. The average Bonchev–Trinajstić information content (AvgIpc) is 3.50. The number of ketones is 1. The maximum absolute atomic E-state index is 13.3. The van der Waals surface area contributed by atoms with E-state index in [9.17, 15) is 13.6 Å². The Morgan fingerprint density at radius 3 is 2.64 bits per heavy atom. The number of hydrogen-bond acceptors (Lipinski definition) is 6. The summed E-state index contributed by atoms with van der Waals surface area (Å²) >= 11 is 1.06. The van der Waals surface area contributed by atoms with Crippen LogP contribution in [0.15, 0.2) is 24.3 Å². The molecular weight excluding hydrogens is 386 g/mol. The molecule has 0 bridgehead atoms. The molecular formula is C20H16F2N2O3S. The van der Waals surface area contributed by atoms with E-state index in [2.05, 4.69) is 4.98 Å². The molecule has 8 heteroatoms. The van der Waals surface area contributed by atoms with Crippen LogP contribution >= 0.6 is 11.3 Å². The van der Waals surface area contributed by atoms with E-state index >= 15 is 0 Å². The standard InChI is InChI=1S/C20H16F2N2O3S/c21-19(22)12-8-11(9-1-2-9)15-16(23)18(28-20(15)24-12)17(25)10-3-4-13-14(7-10)27-6-5-26-13/h3-4,7-9,19H,1-2,5-6,23H2. The molecule has 1 aliphatic heterocycles. The van der Waals surface area contributed by atoms with Crippen LogP contribution in [0.1, 0.15) is 51.7 Å². The van der Waals surface area contributed by atoms with E-state index in [1.54, 1.807) is 18.2 Å². The maximum atomic E-state index is 13.3. The molecule has 1 aliphatic carbocycles. The highest BCUT2D eigenvalue weighted by atomic mass is 32.1. The van der Waals surface area contributed by atoms with Crippen LogP contribution in [-0.2, 0) is 0 Å². The number of nitrogens with two attached hydrogens (primary N) is 1. The molecule has 3 heterocycles. The van der Waals surface area contributed by atoms with Gasteiger partial charge in [0.2, 0.25) is 5.78 Å². The highest BCUT2D eigenvalue weighted by Crippen LogP contribution is 2.48. The third-order valence-electron chi connectivity index (χ3n) is 5.00. The third-order valence-corrected chi connectivity index (χ3v) is 6.10. The van der Waals surface area contributed by atoms with Crippen LogP contribution in [0.25, 0.3) is 10.2 Å². The molecule has 1 saturated carbocycles. The molecule has 0 amide bonds. The van der Waals surface area contributed by atoms with Crippen molar-refractivity contribution in [1.82, 2.24) is 4.98 Å². The van der Waals surface area contributed by atoms with Crippen molar-refractivity contribution in [3.05, 3.63) is 46.0 Å². The fourth-order valence-corrected chi connectivity index (χ4v) is 4.58. The lowest BCUT2D eigenvalue weighted by molar-refractivity contribution is 0.104. The van der Waals surface area contributed by atoms with Crippen molar-refractivity contribution in [3.8, 4) is 11.5 Å². The number of thiophene rings is 1. The Hall–Kier alpha value is -2.74. The van der Waals surface area contributed by atoms with Gasteiger partial charge in [0.1, 0.15) is 28.6 Å². The zero-order chi connectivity index (χ0) is 19.4. The van der Waals surface area contributed by atoms with Crippen LogP contribution in [0.5, 0.6) is 11.5 Å². The first-order valence-corrected chi connectivity index (χ1v) is 9.80. The van der Waals surface area contributed by atoms with Gasteiger partial charge in [0, 0.05) is 10.9 Å². The quantitative estimate of drug-likeness (QED) is 0.641. The van der Waals surface area contributed by atoms with Crippen LogP contribution < -0.4 is 15.2 Å². The molecule has 144 valence electrons. The van der Waals surface area contributed by atoms with Crippen molar-refractivity contribution in [2.24, 2.45) is 0 Å². The van der Waals surface area contributed by atoms with Crippen molar-refractivity contribution in [3.63, 3.8) is 0 Å². The van der Waals surface area contributed by atoms with Gasteiger partial charge in [-0.2, -0.15) is 0 Å². The van der Waals surface area contributed by atoms with Crippen molar-refractivity contribution in [2.45, 2.75) is 25.2 Å². The number of ether oxygens (including phenoxy) is 2. The minimum Gasteiger partial charge on any atom is -0.486 e. The lowest BCUT2D eigenvalue weighted by Crippen LogP contribution is -2.15. The normalized spacial score (nSPS) is 16.0. The number of hydrogen-bond donors (Lipinski definition) is 1. The summed E-state index contributed by atoms with van der Waals surface area (Å²) in [6.45, 7) is 0.881. The summed E-state index contributed by atoms with van der Waals surface area (Å²) in [6.07, 6.45) is -0.799. The Morgan fingerprint density at radius 2 is 1.93 bits per heavy atom. The number of carbonyl (C=O) groups is 1. The predicted molar refractivity (Wildman–Crippen MR) is 102 cm³/mol. The molecule has 3 aromatic rings. The molecule has 1 aromatic carbocycles. The molecule has 0 spiro atoms. The van der Waals surface area contributed by atoms with E-state index in [4.69, 9.17) is 15.2 Å². The third kappa shape index (κ3) is 2.79. The molecule has 5 rings (SSSR count).